The van der Waals surface area contributed by atoms with E-state index >= 15 is 0 Å². The van der Waals surface area contributed by atoms with Crippen molar-refractivity contribution in [1.29, 1.82) is 0 Å². The molecule has 2 saturated heterocycles. The first-order valence-corrected chi connectivity index (χ1v) is 9.67. The van der Waals surface area contributed by atoms with E-state index in [-0.39, 0.29) is 0 Å². The topological polar surface area (TPSA) is 64.1 Å². The van der Waals surface area contributed by atoms with Gasteiger partial charge in [0.25, 0.3) is 0 Å². The first kappa shape index (κ1) is 19.5. The van der Waals surface area contributed by atoms with E-state index in [9.17, 15) is 0 Å². The molecule has 2 N–H and O–H groups in total. The molecule has 0 amide bonds. The van der Waals surface area contributed by atoms with E-state index in [0.29, 0.717) is 12.0 Å². The minimum absolute atomic E-state index is 0.430. The number of ether oxygens (including phenoxy) is 3. The Labute approximate surface area is 146 Å². The lowest BCUT2D eigenvalue weighted by molar-refractivity contribution is 0.0205. The molecule has 2 fully saturated rings. The lowest BCUT2D eigenvalue weighted by atomic mass is 10.0. The Morgan fingerprint density at radius 1 is 1.17 bits per heavy atom. The SMILES string of the molecule is CCNC(=NCCCOCC1CCOCC1)NCCC1CCCO1. The van der Waals surface area contributed by atoms with Gasteiger partial charge in [-0.3, -0.25) is 4.99 Å². The van der Waals surface area contributed by atoms with Gasteiger partial charge in [-0.2, -0.15) is 0 Å². The molecule has 0 aromatic heterocycles. The second-order valence-electron chi connectivity index (χ2n) is 6.60. The quantitative estimate of drug-likeness (QED) is 0.361. The van der Waals surface area contributed by atoms with E-state index in [0.717, 1.165) is 84.3 Å². The largest absolute Gasteiger partial charge is 0.381 e. The molecule has 0 radical (unpaired) electrons. The molecule has 0 aliphatic carbocycles. The zero-order valence-electron chi connectivity index (χ0n) is 15.2. The lowest BCUT2D eigenvalue weighted by Gasteiger charge is -2.21. The van der Waals surface area contributed by atoms with E-state index < -0.39 is 0 Å². The number of hydrogen-bond acceptors (Lipinski definition) is 4. The van der Waals surface area contributed by atoms with Crippen LogP contribution in [0.25, 0.3) is 0 Å². The normalized spacial score (nSPS) is 22.7. The van der Waals surface area contributed by atoms with Gasteiger partial charge >= 0.3 is 0 Å². The van der Waals surface area contributed by atoms with Crippen LogP contribution in [-0.4, -0.2) is 64.7 Å². The summed E-state index contributed by atoms with van der Waals surface area (Å²) in [6.07, 6.45) is 7.12. The molecule has 6 heteroatoms. The Hall–Kier alpha value is -0.850. The first-order valence-electron chi connectivity index (χ1n) is 9.67. The van der Waals surface area contributed by atoms with Gasteiger partial charge in [0.1, 0.15) is 0 Å². The van der Waals surface area contributed by atoms with Crippen molar-refractivity contribution in [2.75, 3.05) is 52.7 Å². The third kappa shape index (κ3) is 8.31. The van der Waals surface area contributed by atoms with Crippen LogP contribution in [0.3, 0.4) is 0 Å². The molecule has 0 aromatic rings. The third-order valence-corrected chi connectivity index (χ3v) is 4.54. The molecule has 24 heavy (non-hydrogen) atoms. The predicted octanol–water partition coefficient (Wildman–Crippen LogP) is 1.94. The molecule has 0 saturated carbocycles. The molecule has 0 bridgehead atoms. The maximum absolute atomic E-state index is 5.78. The lowest BCUT2D eigenvalue weighted by Crippen LogP contribution is -2.38. The van der Waals surface area contributed by atoms with E-state index in [2.05, 4.69) is 22.5 Å². The molecule has 2 aliphatic rings. The maximum atomic E-state index is 5.78. The highest BCUT2D eigenvalue weighted by molar-refractivity contribution is 5.79. The summed E-state index contributed by atoms with van der Waals surface area (Å²) in [7, 11) is 0. The summed E-state index contributed by atoms with van der Waals surface area (Å²) in [5.74, 6) is 1.58. The van der Waals surface area contributed by atoms with Crippen LogP contribution >= 0.6 is 0 Å². The van der Waals surface area contributed by atoms with Crippen LogP contribution in [0.1, 0.15) is 45.4 Å². The Balaban J connectivity index is 1.51. The maximum Gasteiger partial charge on any atom is 0.191 e. The fourth-order valence-corrected chi connectivity index (χ4v) is 3.09. The highest BCUT2D eigenvalue weighted by atomic mass is 16.5. The molecule has 1 atom stereocenters. The summed E-state index contributed by atoms with van der Waals surface area (Å²) in [6.45, 7) is 9.04. The monoisotopic (exact) mass is 341 g/mol. The van der Waals surface area contributed by atoms with Gasteiger partial charge in [-0.25, -0.2) is 0 Å². The number of rotatable bonds is 10. The van der Waals surface area contributed by atoms with Crippen molar-refractivity contribution >= 4 is 5.96 Å². The Morgan fingerprint density at radius 3 is 2.79 bits per heavy atom. The van der Waals surface area contributed by atoms with Crippen LogP contribution in [-0.2, 0) is 14.2 Å². The summed E-state index contributed by atoms with van der Waals surface area (Å²) in [5, 5.41) is 6.69. The highest BCUT2D eigenvalue weighted by Gasteiger charge is 2.15. The van der Waals surface area contributed by atoms with Crippen molar-refractivity contribution < 1.29 is 14.2 Å². The van der Waals surface area contributed by atoms with Gasteiger partial charge in [-0.05, 0) is 51.4 Å². The van der Waals surface area contributed by atoms with Crippen molar-refractivity contribution in [3.8, 4) is 0 Å². The number of aliphatic imine (C=N–C) groups is 1. The molecule has 2 rings (SSSR count). The number of nitrogens with one attached hydrogen (secondary N) is 2. The van der Waals surface area contributed by atoms with Gasteiger partial charge < -0.3 is 24.8 Å². The molecule has 140 valence electrons. The van der Waals surface area contributed by atoms with Gasteiger partial charge in [0.15, 0.2) is 5.96 Å². The molecule has 1 unspecified atom stereocenters. The van der Waals surface area contributed by atoms with Crippen LogP contribution < -0.4 is 10.6 Å². The van der Waals surface area contributed by atoms with Crippen molar-refractivity contribution in [1.82, 2.24) is 10.6 Å². The Morgan fingerprint density at radius 2 is 2.04 bits per heavy atom. The van der Waals surface area contributed by atoms with E-state index in [1.807, 2.05) is 0 Å². The average molecular weight is 341 g/mol. The Bertz CT molecular complexity index is 340. The number of guanidine groups is 1. The van der Waals surface area contributed by atoms with E-state index in [1.165, 1.54) is 12.8 Å². The van der Waals surface area contributed by atoms with Crippen LogP contribution in [0.5, 0.6) is 0 Å². The van der Waals surface area contributed by atoms with Gasteiger partial charge in [-0.15, -0.1) is 0 Å². The second kappa shape index (κ2) is 12.5. The van der Waals surface area contributed by atoms with Gasteiger partial charge in [-0.1, -0.05) is 0 Å². The summed E-state index contributed by atoms with van der Waals surface area (Å²) in [5.41, 5.74) is 0. The van der Waals surface area contributed by atoms with Crippen molar-refractivity contribution in [2.24, 2.45) is 10.9 Å². The molecular formula is C18H35N3O3. The van der Waals surface area contributed by atoms with Crippen molar-refractivity contribution in [3.63, 3.8) is 0 Å². The zero-order valence-corrected chi connectivity index (χ0v) is 15.2. The van der Waals surface area contributed by atoms with Gasteiger partial charge in [0.2, 0.25) is 0 Å². The molecule has 0 spiro atoms. The summed E-state index contributed by atoms with van der Waals surface area (Å²) in [6, 6.07) is 0. The first-order chi connectivity index (χ1) is 11.9. The number of nitrogens with zero attached hydrogens (tertiary/aromatic N) is 1. The molecule has 2 heterocycles. The minimum Gasteiger partial charge on any atom is -0.381 e. The van der Waals surface area contributed by atoms with E-state index in [1.54, 1.807) is 0 Å². The fourth-order valence-electron chi connectivity index (χ4n) is 3.09. The van der Waals surface area contributed by atoms with Crippen LogP contribution in [0.15, 0.2) is 4.99 Å². The van der Waals surface area contributed by atoms with Crippen LogP contribution in [0, 0.1) is 5.92 Å². The average Bonchev–Trinajstić information content (AvgIpc) is 3.12. The molecule has 2 aliphatic heterocycles. The standard InChI is InChI=1S/C18H35N3O3/c1-2-19-18(21-10-6-17-5-3-12-24-17)20-9-4-11-23-15-16-7-13-22-14-8-16/h16-17H,2-15H2,1H3,(H2,19,20,21). The second-order valence-corrected chi connectivity index (χ2v) is 6.60. The smallest absolute Gasteiger partial charge is 0.191 e. The van der Waals surface area contributed by atoms with Crippen molar-refractivity contribution in [3.05, 3.63) is 0 Å². The van der Waals surface area contributed by atoms with Gasteiger partial charge in [0, 0.05) is 52.7 Å². The van der Waals surface area contributed by atoms with E-state index in [4.69, 9.17) is 14.2 Å². The third-order valence-electron chi connectivity index (χ3n) is 4.54. The predicted molar refractivity (Wildman–Crippen MR) is 96.6 cm³/mol. The zero-order chi connectivity index (χ0) is 16.9. The Kier molecular flexibility index (Phi) is 10.1. The van der Waals surface area contributed by atoms with Crippen LogP contribution in [0.4, 0.5) is 0 Å². The summed E-state index contributed by atoms with van der Waals surface area (Å²) in [4.78, 5) is 4.62. The summed E-state index contributed by atoms with van der Waals surface area (Å²) >= 11 is 0. The molecule has 0 aromatic carbocycles. The van der Waals surface area contributed by atoms with Crippen LogP contribution in [0.2, 0.25) is 0 Å². The highest BCUT2D eigenvalue weighted by Crippen LogP contribution is 2.15. The molecule has 6 nitrogen and oxygen atoms in total. The minimum atomic E-state index is 0.430. The number of hydrogen-bond donors (Lipinski definition) is 2. The summed E-state index contributed by atoms with van der Waals surface area (Å²) < 4.78 is 16.8. The van der Waals surface area contributed by atoms with Crippen molar-refractivity contribution in [2.45, 2.75) is 51.6 Å². The molecular weight excluding hydrogens is 306 g/mol. The van der Waals surface area contributed by atoms with Gasteiger partial charge in [0.05, 0.1) is 6.10 Å². The fraction of sp³-hybridized carbons (Fsp3) is 0.944.